The highest BCUT2D eigenvalue weighted by atomic mass is 32.2. The molecule has 0 fully saturated rings. The second-order valence-corrected chi connectivity index (χ2v) is 7.29. The van der Waals surface area contributed by atoms with Gasteiger partial charge in [-0.25, -0.2) is 4.79 Å². The minimum absolute atomic E-state index is 0.0928. The zero-order chi connectivity index (χ0) is 18.8. The van der Waals surface area contributed by atoms with Crippen LogP contribution in [0.4, 0.5) is 5.69 Å². The van der Waals surface area contributed by atoms with Crippen LogP contribution in [0.2, 0.25) is 0 Å². The van der Waals surface area contributed by atoms with Gasteiger partial charge in [0.15, 0.2) is 0 Å². The summed E-state index contributed by atoms with van der Waals surface area (Å²) in [5.74, 6) is 0.556. The first kappa shape index (κ1) is 17.4. The molecule has 1 amide bonds. The molecule has 0 radical (unpaired) electrons. The molecule has 0 bridgehead atoms. The molecule has 1 N–H and O–H groups in total. The molecule has 5 heteroatoms. The van der Waals surface area contributed by atoms with E-state index in [1.165, 1.54) is 6.92 Å². The third-order valence-corrected chi connectivity index (χ3v) is 5.34. The Morgan fingerprint density at radius 2 is 1.81 bits per heavy atom. The maximum Gasteiger partial charge on any atom is 0.336 e. The predicted octanol–water partition coefficient (Wildman–Crippen LogP) is 5.20. The SMILES string of the molecule is CC(=O)Nc1ccc(SCc2cc(=O)oc3ccc4ccccc4c23)cc1. The molecule has 0 saturated heterocycles. The lowest BCUT2D eigenvalue weighted by molar-refractivity contribution is -0.114. The Bertz CT molecular complexity index is 1200. The number of fused-ring (bicyclic) bond motifs is 3. The van der Waals surface area contributed by atoms with Crippen molar-refractivity contribution in [2.75, 3.05) is 5.32 Å². The number of hydrogen-bond donors (Lipinski definition) is 1. The van der Waals surface area contributed by atoms with E-state index in [1.54, 1.807) is 17.8 Å². The van der Waals surface area contributed by atoms with Gasteiger partial charge in [0, 0.05) is 34.7 Å². The summed E-state index contributed by atoms with van der Waals surface area (Å²) in [7, 11) is 0. The van der Waals surface area contributed by atoms with Crippen LogP contribution in [0.1, 0.15) is 12.5 Å². The fraction of sp³-hybridized carbons (Fsp3) is 0.0909. The molecule has 0 aliphatic heterocycles. The molecule has 0 spiro atoms. The molecule has 3 aromatic carbocycles. The zero-order valence-corrected chi connectivity index (χ0v) is 15.5. The molecule has 0 atom stereocenters. The van der Waals surface area contributed by atoms with Crippen LogP contribution in [0, 0.1) is 0 Å². The lowest BCUT2D eigenvalue weighted by Crippen LogP contribution is -2.05. The zero-order valence-electron chi connectivity index (χ0n) is 14.7. The summed E-state index contributed by atoms with van der Waals surface area (Å²) in [6.45, 7) is 1.49. The van der Waals surface area contributed by atoms with Gasteiger partial charge in [-0.15, -0.1) is 11.8 Å². The highest BCUT2D eigenvalue weighted by Gasteiger charge is 2.10. The van der Waals surface area contributed by atoms with E-state index >= 15 is 0 Å². The molecule has 27 heavy (non-hydrogen) atoms. The second-order valence-electron chi connectivity index (χ2n) is 6.24. The molecule has 0 saturated carbocycles. The van der Waals surface area contributed by atoms with E-state index in [-0.39, 0.29) is 11.5 Å². The number of carbonyl (C=O) groups excluding carboxylic acids is 1. The first-order valence-corrected chi connectivity index (χ1v) is 9.54. The van der Waals surface area contributed by atoms with Crippen molar-refractivity contribution < 1.29 is 9.21 Å². The average Bonchev–Trinajstić information content (AvgIpc) is 2.66. The highest BCUT2D eigenvalue weighted by molar-refractivity contribution is 7.98. The van der Waals surface area contributed by atoms with E-state index in [2.05, 4.69) is 11.4 Å². The summed E-state index contributed by atoms with van der Waals surface area (Å²) in [5.41, 5.74) is 1.99. The minimum Gasteiger partial charge on any atom is -0.423 e. The monoisotopic (exact) mass is 375 g/mol. The van der Waals surface area contributed by atoms with Gasteiger partial charge < -0.3 is 9.73 Å². The fourth-order valence-corrected chi connectivity index (χ4v) is 4.01. The van der Waals surface area contributed by atoms with E-state index in [9.17, 15) is 9.59 Å². The summed E-state index contributed by atoms with van der Waals surface area (Å²) in [4.78, 5) is 24.2. The predicted molar refractivity (Wildman–Crippen MR) is 110 cm³/mol. The van der Waals surface area contributed by atoms with Crippen molar-refractivity contribution in [1.29, 1.82) is 0 Å². The maximum atomic E-state index is 12.0. The maximum absolute atomic E-state index is 12.0. The lowest BCUT2D eigenvalue weighted by Gasteiger charge is -2.09. The number of amides is 1. The van der Waals surface area contributed by atoms with Gasteiger partial charge in [0.2, 0.25) is 5.91 Å². The summed E-state index contributed by atoms with van der Waals surface area (Å²) in [6.07, 6.45) is 0. The number of nitrogens with one attached hydrogen (secondary N) is 1. The Morgan fingerprint density at radius 3 is 2.59 bits per heavy atom. The van der Waals surface area contributed by atoms with Crippen LogP contribution in [0.15, 0.2) is 80.8 Å². The van der Waals surface area contributed by atoms with Gasteiger partial charge in [-0.3, -0.25) is 4.79 Å². The van der Waals surface area contributed by atoms with Crippen LogP contribution in [-0.4, -0.2) is 5.91 Å². The Balaban J connectivity index is 1.68. The van der Waals surface area contributed by atoms with Gasteiger partial charge in [-0.1, -0.05) is 30.3 Å². The van der Waals surface area contributed by atoms with Crippen molar-refractivity contribution in [3.05, 3.63) is 82.7 Å². The molecule has 0 unspecified atom stereocenters. The molecule has 0 aliphatic carbocycles. The van der Waals surface area contributed by atoms with E-state index < -0.39 is 0 Å². The molecule has 1 heterocycles. The third-order valence-electron chi connectivity index (χ3n) is 4.28. The van der Waals surface area contributed by atoms with Gasteiger partial charge in [0.1, 0.15) is 5.58 Å². The van der Waals surface area contributed by atoms with Crippen LogP contribution in [-0.2, 0) is 10.5 Å². The van der Waals surface area contributed by atoms with Gasteiger partial charge in [0.25, 0.3) is 0 Å². The van der Waals surface area contributed by atoms with Crippen LogP contribution in [0.5, 0.6) is 0 Å². The van der Waals surface area contributed by atoms with Gasteiger partial charge in [0.05, 0.1) is 0 Å². The largest absolute Gasteiger partial charge is 0.423 e. The highest BCUT2D eigenvalue weighted by Crippen LogP contribution is 2.31. The van der Waals surface area contributed by atoms with Crippen molar-refractivity contribution in [3.63, 3.8) is 0 Å². The Labute approximate surface area is 160 Å². The standard InChI is InChI=1S/C22H17NO3S/c1-14(24)23-17-7-9-18(10-8-17)27-13-16-12-21(25)26-20-11-6-15-4-2-3-5-19(15)22(16)20/h2-12H,13H2,1H3,(H,23,24). The van der Waals surface area contributed by atoms with Gasteiger partial charge >= 0.3 is 5.63 Å². The van der Waals surface area contributed by atoms with E-state index in [0.29, 0.717) is 11.3 Å². The topological polar surface area (TPSA) is 59.3 Å². The van der Waals surface area contributed by atoms with Crippen LogP contribution >= 0.6 is 11.8 Å². The van der Waals surface area contributed by atoms with Crippen LogP contribution < -0.4 is 10.9 Å². The van der Waals surface area contributed by atoms with Crippen LogP contribution in [0.25, 0.3) is 21.7 Å². The Kier molecular flexibility index (Phi) is 4.69. The van der Waals surface area contributed by atoms with Crippen molar-refractivity contribution in [3.8, 4) is 0 Å². The minimum atomic E-state index is -0.339. The molecule has 134 valence electrons. The number of thioether (sulfide) groups is 1. The van der Waals surface area contributed by atoms with Crippen LogP contribution in [0.3, 0.4) is 0 Å². The lowest BCUT2D eigenvalue weighted by atomic mass is 10.0. The van der Waals surface area contributed by atoms with E-state index in [1.807, 2.05) is 54.6 Å². The molecule has 1 aromatic heterocycles. The van der Waals surface area contributed by atoms with Crippen molar-refractivity contribution in [2.45, 2.75) is 17.6 Å². The van der Waals surface area contributed by atoms with Gasteiger partial charge in [-0.05, 0) is 46.7 Å². The van der Waals surface area contributed by atoms with Crippen molar-refractivity contribution >= 4 is 45.1 Å². The van der Waals surface area contributed by atoms with Crippen molar-refractivity contribution in [1.82, 2.24) is 0 Å². The number of benzene rings is 3. The van der Waals surface area contributed by atoms with E-state index in [4.69, 9.17) is 4.42 Å². The number of carbonyl (C=O) groups is 1. The number of hydrogen-bond acceptors (Lipinski definition) is 4. The Morgan fingerprint density at radius 1 is 1.04 bits per heavy atom. The smallest absolute Gasteiger partial charge is 0.336 e. The fourth-order valence-electron chi connectivity index (χ4n) is 3.13. The second kappa shape index (κ2) is 7.29. The molecule has 4 aromatic rings. The summed E-state index contributed by atoms with van der Waals surface area (Å²) in [6, 6.07) is 21.2. The molecular formula is C22H17NO3S. The average molecular weight is 375 g/mol. The summed E-state index contributed by atoms with van der Waals surface area (Å²) >= 11 is 1.64. The normalized spacial score (nSPS) is 11.0. The first-order valence-electron chi connectivity index (χ1n) is 8.55. The summed E-state index contributed by atoms with van der Waals surface area (Å²) in [5, 5.41) is 5.93. The molecule has 0 aliphatic rings. The molecular weight excluding hydrogens is 358 g/mol. The quantitative estimate of drug-likeness (QED) is 0.303. The Hall–Kier alpha value is -3.05. The van der Waals surface area contributed by atoms with Crippen molar-refractivity contribution in [2.24, 2.45) is 0 Å². The molecule has 4 rings (SSSR count). The first-order chi connectivity index (χ1) is 13.1. The number of rotatable bonds is 4. The molecule has 4 nitrogen and oxygen atoms in total. The summed E-state index contributed by atoms with van der Waals surface area (Å²) < 4.78 is 5.41. The third kappa shape index (κ3) is 3.73. The number of anilines is 1. The van der Waals surface area contributed by atoms with Gasteiger partial charge in [-0.2, -0.15) is 0 Å². The van der Waals surface area contributed by atoms with E-state index in [0.717, 1.165) is 32.3 Å².